The maximum absolute atomic E-state index is 13.9. The highest BCUT2D eigenvalue weighted by Crippen LogP contribution is 2.27. The number of nitrogens with two attached hydrogens (primary N) is 1. The number of hydroxylamine groups is 1. The lowest BCUT2D eigenvalue weighted by atomic mass is 9.82. The van der Waals surface area contributed by atoms with Crippen LogP contribution in [-0.2, 0) is 24.0 Å². The van der Waals surface area contributed by atoms with Gasteiger partial charge in [-0.15, -0.1) is 0 Å². The van der Waals surface area contributed by atoms with Crippen LogP contribution >= 0.6 is 11.8 Å². The fourth-order valence-electron chi connectivity index (χ4n) is 5.03. The van der Waals surface area contributed by atoms with Crippen LogP contribution in [-0.4, -0.2) is 59.2 Å². The van der Waals surface area contributed by atoms with E-state index in [1.165, 1.54) is 5.01 Å². The van der Waals surface area contributed by atoms with E-state index in [9.17, 15) is 14.4 Å². The van der Waals surface area contributed by atoms with E-state index in [4.69, 9.17) is 15.3 Å². The van der Waals surface area contributed by atoms with Crippen molar-refractivity contribution in [3.05, 3.63) is 42.0 Å². The van der Waals surface area contributed by atoms with Gasteiger partial charge in [-0.25, -0.2) is 15.3 Å². The molecule has 40 heavy (non-hydrogen) atoms. The van der Waals surface area contributed by atoms with Gasteiger partial charge in [-0.3, -0.25) is 19.8 Å². The summed E-state index contributed by atoms with van der Waals surface area (Å²) in [4.78, 5) is 46.2. The first kappa shape index (κ1) is 32.1. The molecule has 2 fully saturated rings. The van der Waals surface area contributed by atoms with Crippen molar-refractivity contribution >= 4 is 35.6 Å². The van der Waals surface area contributed by atoms with E-state index < -0.39 is 24.2 Å². The zero-order valence-corrected chi connectivity index (χ0v) is 24.9. The first-order valence-corrected chi connectivity index (χ1v) is 15.7. The number of carbonyl (C=O) groups is 3. The third kappa shape index (κ3) is 10.2. The lowest BCUT2D eigenvalue weighted by Gasteiger charge is -2.37. The molecule has 3 rings (SSSR count). The van der Waals surface area contributed by atoms with Crippen molar-refractivity contribution in [3.63, 3.8) is 0 Å². The third-order valence-electron chi connectivity index (χ3n) is 7.23. The van der Waals surface area contributed by atoms with Crippen molar-refractivity contribution in [1.82, 2.24) is 15.9 Å². The van der Waals surface area contributed by atoms with Gasteiger partial charge in [-0.1, -0.05) is 56.3 Å². The molecule has 0 bridgehead atoms. The minimum atomic E-state index is -0.754. The van der Waals surface area contributed by atoms with E-state index in [1.807, 2.05) is 68.1 Å². The smallest absolute Gasteiger partial charge is 0.257 e. The molecule has 0 radical (unpaired) electrons. The van der Waals surface area contributed by atoms with Gasteiger partial charge in [0.15, 0.2) is 6.29 Å². The van der Waals surface area contributed by atoms with Crippen molar-refractivity contribution in [2.45, 2.75) is 84.1 Å². The number of carbonyl (C=O) groups excluding carboxylic acids is 3. The number of hydrogen-bond acceptors (Lipinski definition) is 7. The lowest BCUT2D eigenvalue weighted by molar-refractivity contribution is -0.203. The Balaban J connectivity index is 1.83. The zero-order chi connectivity index (χ0) is 28.9. The van der Waals surface area contributed by atoms with Gasteiger partial charge in [-0.2, -0.15) is 11.8 Å². The molecule has 2 saturated heterocycles. The Morgan fingerprint density at radius 1 is 1.07 bits per heavy atom. The van der Waals surface area contributed by atoms with Gasteiger partial charge < -0.3 is 10.5 Å². The number of hydrazine groups is 1. The number of hydrogen-bond donors (Lipinski definition) is 3. The first-order chi connectivity index (χ1) is 19.3. The largest absolute Gasteiger partial charge is 0.350 e. The summed E-state index contributed by atoms with van der Waals surface area (Å²) < 4.78 is 5.60. The maximum atomic E-state index is 13.9. The van der Waals surface area contributed by atoms with E-state index in [0.717, 1.165) is 42.8 Å². The molecular weight excluding hydrogens is 528 g/mol. The van der Waals surface area contributed by atoms with Crippen molar-refractivity contribution in [2.75, 3.05) is 18.1 Å². The molecule has 2 aliphatic rings. The summed E-state index contributed by atoms with van der Waals surface area (Å²) in [5, 5.41) is 1.43. The summed E-state index contributed by atoms with van der Waals surface area (Å²) in [6.07, 6.45) is 8.32. The van der Waals surface area contributed by atoms with Crippen molar-refractivity contribution in [1.29, 1.82) is 0 Å². The molecule has 2 aliphatic heterocycles. The molecule has 222 valence electrons. The van der Waals surface area contributed by atoms with E-state index >= 15 is 0 Å². The Kier molecular flexibility index (Phi) is 13.5. The second kappa shape index (κ2) is 16.8. The minimum absolute atomic E-state index is 0.125. The standard InChI is InChI=1S/C30H46N4O5S/c1-21(2)20-26(28(35)32-34(30(37)22(3)31)24-15-18-40-19-16-24)25(13-9-12-23-10-5-4-6-11-23)29(36)33-39-27-14-7-8-17-38-27/h4-6,9-12,21-22,24-27H,7-8,13-20,31H2,1-3H3,(H,32,35)(H,33,36)/b12-9+/t22-,25-,26-,27?/m1/s1. The Hall–Kier alpha value is -2.40. The van der Waals surface area contributed by atoms with Gasteiger partial charge in [0.05, 0.1) is 23.9 Å². The summed E-state index contributed by atoms with van der Waals surface area (Å²) in [6.45, 7) is 6.25. The average Bonchev–Trinajstić information content (AvgIpc) is 2.96. The predicted molar refractivity (Wildman–Crippen MR) is 158 cm³/mol. The van der Waals surface area contributed by atoms with Crippen LogP contribution < -0.4 is 16.6 Å². The van der Waals surface area contributed by atoms with Crippen LogP contribution in [0.15, 0.2) is 36.4 Å². The summed E-state index contributed by atoms with van der Waals surface area (Å²) in [5.41, 5.74) is 12.5. The van der Waals surface area contributed by atoms with Crippen LogP contribution in [0.25, 0.3) is 6.08 Å². The van der Waals surface area contributed by atoms with Crippen molar-refractivity contribution < 1.29 is 24.0 Å². The highest BCUT2D eigenvalue weighted by Gasteiger charge is 2.37. The molecule has 1 unspecified atom stereocenters. The minimum Gasteiger partial charge on any atom is -0.350 e. The first-order valence-electron chi connectivity index (χ1n) is 14.5. The molecule has 0 saturated carbocycles. The summed E-state index contributed by atoms with van der Waals surface area (Å²) in [6, 6.07) is 8.92. The Morgan fingerprint density at radius 3 is 2.42 bits per heavy atom. The van der Waals surface area contributed by atoms with Crippen molar-refractivity contribution in [3.8, 4) is 0 Å². The fourth-order valence-corrected chi connectivity index (χ4v) is 6.11. The molecule has 1 aromatic rings. The number of allylic oxidation sites excluding steroid dienone is 1. The van der Waals surface area contributed by atoms with Gasteiger partial charge in [0.2, 0.25) is 11.8 Å². The molecular formula is C30H46N4O5S. The van der Waals surface area contributed by atoms with E-state index in [0.29, 0.717) is 25.9 Å². The maximum Gasteiger partial charge on any atom is 0.257 e. The monoisotopic (exact) mass is 574 g/mol. The Bertz CT molecular complexity index is 962. The lowest BCUT2D eigenvalue weighted by Crippen LogP contribution is -2.59. The molecule has 2 heterocycles. The highest BCUT2D eigenvalue weighted by molar-refractivity contribution is 7.99. The number of rotatable bonds is 12. The topological polar surface area (TPSA) is 123 Å². The number of ether oxygens (including phenoxy) is 1. The highest BCUT2D eigenvalue weighted by atomic mass is 32.2. The molecule has 1 aromatic carbocycles. The van der Waals surface area contributed by atoms with E-state index in [1.54, 1.807) is 6.92 Å². The molecule has 4 N–H and O–H groups in total. The number of benzene rings is 1. The van der Waals surface area contributed by atoms with Crippen LogP contribution in [0, 0.1) is 17.8 Å². The van der Waals surface area contributed by atoms with Crippen LogP contribution in [0.1, 0.15) is 71.3 Å². The third-order valence-corrected chi connectivity index (χ3v) is 8.28. The van der Waals surface area contributed by atoms with E-state index in [2.05, 4.69) is 10.9 Å². The van der Waals surface area contributed by atoms with Gasteiger partial charge in [-0.05, 0) is 68.4 Å². The SMILES string of the molecule is CC(C)C[C@@H](C(=O)NN(C(=O)[C@@H](C)N)C1CCSCC1)[C@@H](C/C=C/c1ccccc1)C(=O)NOC1CCCCO1. The van der Waals surface area contributed by atoms with Gasteiger partial charge in [0, 0.05) is 13.0 Å². The summed E-state index contributed by atoms with van der Waals surface area (Å²) in [7, 11) is 0. The Labute approximate surface area is 242 Å². The summed E-state index contributed by atoms with van der Waals surface area (Å²) >= 11 is 1.84. The van der Waals surface area contributed by atoms with Crippen LogP contribution in [0.4, 0.5) is 0 Å². The number of thioether (sulfide) groups is 1. The molecule has 0 aromatic heterocycles. The number of nitrogens with one attached hydrogen (secondary N) is 2. The molecule has 3 amide bonds. The van der Waals surface area contributed by atoms with Crippen LogP contribution in [0.3, 0.4) is 0 Å². The zero-order valence-electron chi connectivity index (χ0n) is 24.1. The second-order valence-electron chi connectivity index (χ2n) is 11.1. The number of amides is 3. The van der Waals surface area contributed by atoms with E-state index in [-0.39, 0.29) is 29.7 Å². The molecule has 10 heteroatoms. The average molecular weight is 575 g/mol. The number of nitrogens with zero attached hydrogens (tertiary/aromatic N) is 1. The van der Waals surface area contributed by atoms with Gasteiger partial charge in [0.1, 0.15) is 0 Å². The van der Waals surface area contributed by atoms with Gasteiger partial charge >= 0.3 is 0 Å². The van der Waals surface area contributed by atoms with Gasteiger partial charge in [0.25, 0.3) is 5.91 Å². The molecule has 4 atom stereocenters. The normalized spacial score (nSPS) is 20.6. The second-order valence-corrected chi connectivity index (χ2v) is 12.3. The van der Waals surface area contributed by atoms with Crippen molar-refractivity contribution in [2.24, 2.45) is 23.5 Å². The molecule has 9 nitrogen and oxygen atoms in total. The Morgan fingerprint density at radius 2 is 1.80 bits per heavy atom. The van der Waals surface area contributed by atoms with Crippen LogP contribution in [0.2, 0.25) is 0 Å². The summed E-state index contributed by atoms with van der Waals surface area (Å²) in [5.74, 6) is -0.525. The van der Waals surface area contributed by atoms with Crippen LogP contribution in [0.5, 0.6) is 0 Å². The molecule has 0 spiro atoms. The fraction of sp³-hybridized carbons (Fsp3) is 0.633. The predicted octanol–water partition coefficient (Wildman–Crippen LogP) is 4.05. The quantitative estimate of drug-likeness (QED) is 0.322. The molecule has 0 aliphatic carbocycles.